The van der Waals surface area contributed by atoms with Crippen LogP contribution in [-0.4, -0.2) is 18.2 Å². The molecule has 3 nitrogen and oxygen atoms in total. The summed E-state index contributed by atoms with van der Waals surface area (Å²) in [6, 6.07) is 17.9. The van der Waals surface area contributed by atoms with Crippen molar-refractivity contribution in [3.63, 3.8) is 0 Å². The molecule has 118 valence electrons. The number of carbonyl (C=O) groups excluding carboxylic acids is 1. The summed E-state index contributed by atoms with van der Waals surface area (Å²) in [6.07, 6.45) is 0.328. The van der Waals surface area contributed by atoms with Crippen molar-refractivity contribution in [2.45, 2.75) is 25.2 Å². The molecule has 0 N–H and O–H groups in total. The van der Waals surface area contributed by atoms with Crippen molar-refractivity contribution < 1.29 is 4.79 Å². The van der Waals surface area contributed by atoms with Crippen LogP contribution in [0.5, 0.6) is 0 Å². The molecule has 0 aliphatic heterocycles. The minimum Gasteiger partial charge on any atom is -0.311 e. The molecule has 0 saturated heterocycles. The van der Waals surface area contributed by atoms with E-state index in [0.29, 0.717) is 18.7 Å². The van der Waals surface area contributed by atoms with Gasteiger partial charge in [0.25, 0.3) is 0 Å². The highest BCUT2D eigenvalue weighted by molar-refractivity contribution is 8.00. The molecule has 0 saturated carbocycles. The van der Waals surface area contributed by atoms with Crippen LogP contribution in [0.3, 0.4) is 0 Å². The standard InChI is InChI=1S/C19H20N2OS/c1-15-9-10-16(2)18(13-15)23-14-19(22)21(12-6-11-20)17-7-4-3-5-8-17/h3-5,7-10,13H,6,12,14H2,1-2H3. The Morgan fingerprint density at radius 2 is 1.91 bits per heavy atom. The molecule has 0 aliphatic carbocycles. The number of anilines is 1. The summed E-state index contributed by atoms with van der Waals surface area (Å²) in [5.41, 5.74) is 3.21. The van der Waals surface area contributed by atoms with Crippen LogP contribution in [0.4, 0.5) is 5.69 Å². The van der Waals surface area contributed by atoms with Gasteiger partial charge in [0.05, 0.1) is 18.2 Å². The van der Waals surface area contributed by atoms with E-state index in [1.54, 1.807) is 16.7 Å². The van der Waals surface area contributed by atoms with Gasteiger partial charge < -0.3 is 4.90 Å². The number of rotatable bonds is 6. The molecule has 2 rings (SSSR count). The smallest absolute Gasteiger partial charge is 0.237 e. The highest BCUT2D eigenvalue weighted by atomic mass is 32.2. The minimum atomic E-state index is 0.0253. The Bertz CT molecular complexity index is 707. The number of para-hydroxylation sites is 1. The summed E-state index contributed by atoms with van der Waals surface area (Å²) in [5, 5.41) is 8.83. The van der Waals surface area contributed by atoms with Gasteiger partial charge in [0.1, 0.15) is 0 Å². The normalized spacial score (nSPS) is 10.1. The predicted molar refractivity (Wildman–Crippen MR) is 95.7 cm³/mol. The number of amides is 1. The van der Waals surface area contributed by atoms with Gasteiger partial charge in [-0.25, -0.2) is 0 Å². The van der Waals surface area contributed by atoms with Gasteiger partial charge in [-0.3, -0.25) is 4.79 Å². The van der Waals surface area contributed by atoms with Gasteiger partial charge in [0, 0.05) is 17.1 Å². The van der Waals surface area contributed by atoms with Crippen LogP contribution in [0.15, 0.2) is 53.4 Å². The van der Waals surface area contributed by atoms with Crippen LogP contribution in [0.1, 0.15) is 17.5 Å². The highest BCUT2D eigenvalue weighted by Crippen LogP contribution is 2.25. The van der Waals surface area contributed by atoms with E-state index in [1.165, 1.54) is 11.1 Å². The lowest BCUT2D eigenvalue weighted by atomic mass is 10.2. The fourth-order valence-corrected chi connectivity index (χ4v) is 3.25. The zero-order chi connectivity index (χ0) is 16.7. The molecule has 0 heterocycles. The Morgan fingerprint density at radius 1 is 1.17 bits per heavy atom. The highest BCUT2D eigenvalue weighted by Gasteiger charge is 2.16. The van der Waals surface area contributed by atoms with Crippen LogP contribution in [-0.2, 0) is 4.79 Å². The summed E-state index contributed by atoms with van der Waals surface area (Å²) in [5.74, 6) is 0.391. The maximum atomic E-state index is 12.6. The molecule has 0 radical (unpaired) electrons. The van der Waals surface area contributed by atoms with Crippen LogP contribution in [0, 0.1) is 25.2 Å². The number of nitriles is 1. The molecule has 2 aromatic carbocycles. The number of hydrogen-bond acceptors (Lipinski definition) is 3. The minimum absolute atomic E-state index is 0.0253. The molecule has 4 heteroatoms. The number of benzene rings is 2. The summed E-state index contributed by atoms with van der Waals surface area (Å²) in [4.78, 5) is 15.4. The molecule has 0 atom stereocenters. The zero-order valence-electron chi connectivity index (χ0n) is 13.5. The fraction of sp³-hybridized carbons (Fsp3) is 0.263. The number of nitrogens with zero attached hydrogens (tertiary/aromatic N) is 2. The summed E-state index contributed by atoms with van der Waals surface area (Å²) in [7, 11) is 0. The quantitative estimate of drug-likeness (QED) is 0.742. The van der Waals surface area contributed by atoms with Crippen molar-refractivity contribution in [2.24, 2.45) is 0 Å². The second kappa shape index (κ2) is 8.40. The van der Waals surface area contributed by atoms with Gasteiger partial charge in [-0.05, 0) is 37.6 Å². The molecule has 0 aromatic heterocycles. The molecule has 23 heavy (non-hydrogen) atoms. The van der Waals surface area contributed by atoms with E-state index in [-0.39, 0.29) is 5.91 Å². The number of carbonyl (C=O) groups is 1. The Kier molecular flexibility index (Phi) is 6.25. The first-order valence-corrected chi connectivity index (χ1v) is 8.53. The van der Waals surface area contributed by atoms with E-state index in [9.17, 15) is 4.79 Å². The third-order valence-electron chi connectivity index (χ3n) is 3.51. The van der Waals surface area contributed by atoms with Gasteiger partial charge in [-0.2, -0.15) is 5.26 Å². The lowest BCUT2D eigenvalue weighted by molar-refractivity contribution is -0.116. The number of thioether (sulfide) groups is 1. The second-order valence-electron chi connectivity index (χ2n) is 5.35. The van der Waals surface area contributed by atoms with Crippen molar-refractivity contribution in [1.29, 1.82) is 5.26 Å². The summed E-state index contributed by atoms with van der Waals surface area (Å²) >= 11 is 1.55. The Labute approximate surface area is 141 Å². The molecule has 2 aromatic rings. The Hall–Kier alpha value is -2.25. The predicted octanol–water partition coefficient (Wildman–Crippen LogP) is 4.34. The second-order valence-corrected chi connectivity index (χ2v) is 6.36. The van der Waals surface area contributed by atoms with Crippen molar-refractivity contribution in [3.05, 3.63) is 59.7 Å². The van der Waals surface area contributed by atoms with E-state index in [1.807, 2.05) is 30.3 Å². The first kappa shape index (κ1) is 17.1. The Balaban J connectivity index is 2.09. The third-order valence-corrected chi connectivity index (χ3v) is 4.65. The van der Waals surface area contributed by atoms with Gasteiger partial charge in [0.15, 0.2) is 0 Å². The van der Waals surface area contributed by atoms with Gasteiger partial charge in [0.2, 0.25) is 5.91 Å². The van der Waals surface area contributed by atoms with E-state index >= 15 is 0 Å². The zero-order valence-corrected chi connectivity index (χ0v) is 14.3. The van der Waals surface area contributed by atoms with Crippen molar-refractivity contribution in [2.75, 3.05) is 17.2 Å². The number of aryl methyl sites for hydroxylation is 2. The van der Waals surface area contributed by atoms with E-state index in [4.69, 9.17) is 5.26 Å². The van der Waals surface area contributed by atoms with Crippen LogP contribution < -0.4 is 4.90 Å². The molecule has 0 unspecified atom stereocenters. The average Bonchev–Trinajstić information content (AvgIpc) is 2.57. The maximum Gasteiger partial charge on any atom is 0.237 e. The summed E-state index contributed by atoms with van der Waals surface area (Å²) < 4.78 is 0. The van der Waals surface area contributed by atoms with Gasteiger partial charge in [-0.15, -0.1) is 11.8 Å². The monoisotopic (exact) mass is 324 g/mol. The lowest BCUT2D eigenvalue weighted by Crippen LogP contribution is -2.33. The van der Waals surface area contributed by atoms with Crippen LogP contribution >= 0.6 is 11.8 Å². The van der Waals surface area contributed by atoms with Crippen molar-refractivity contribution in [1.82, 2.24) is 0 Å². The molecule has 0 bridgehead atoms. The van der Waals surface area contributed by atoms with Crippen molar-refractivity contribution in [3.8, 4) is 6.07 Å². The average molecular weight is 324 g/mol. The van der Waals surface area contributed by atoms with Gasteiger partial charge >= 0.3 is 0 Å². The van der Waals surface area contributed by atoms with Crippen LogP contribution in [0.2, 0.25) is 0 Å². The van der Waals surface area contributed by atoms with Crippen LogP contribution in [0.25, 0.3) is 0 Å². The molecule has 0 aliphatic rings. The molecule has 1 amide bonds. The Morgan fingerprint density at radius 3 is 2.61 bits per heavy atom. The summed E-state index contributed by atoms with van der Waals surface area (Å²) in [6.45, 7) is 4.53. The lowest BCUT2D eigenvalue weighted by Gasteiger charge is -2.21. The van der Waals surface area contributed by atoms with E-state index < -0.39 is 0 Å². The molecular formula is C19H20N2OS. The molecule has 0 spiro atoms. The van der Waals surface area contributed by atoms with E-state index in [0.717, 1.165) is 10.6 Å². The molecular weight excluding hydrogens is 304 g/mol. The fourth-order valence-electron chi connectivity index (χ4n) is 2.25. The first-order chi connectivity index (χ1) is 11.1. The van der Waals surface area contributed by atoms with Gasteiger partial charge in [-0.1, -0.05) is 35.9 Å². The molecule has 0 fully saturated rings. The SMILES string of the molecule is Cc1ccc(C)c(SCC(=O)N(CCC#N)c2ccccc2)c1. The third kappa shape index (κ3) is 4.87. The first-order valence-electron chi connectivity index (χ1n) is 7.54. The largest absolute Gasteiger partial charge is 0.311 e. The van der Waals surface area contributed by atoms with E-state index in [2.05, 4.69) is 38.1 Å². The topological polar surface area (TPSA) is 44.1 Å². The van der Waals surface area contributed by atoms with Crippen molar-refractivity contribution >= 4 is 23.4 Å². The number of hydrogen-bond donors (Lipinski definition) is 0. The maximum absolute atomic E-state index is 12.6.